The van der Waals surface area contributed by atoms with Gasteiger partial charge in [0.1, 0.15) is 12.3 Å². The summed E-state index contributed by atoms with van der Waals surface area (Å²) in [5.41, 5.74) is 2.15. The van der Waals surface area contributed by atoms with E-state index < -0.39 is 12.3 Å². The van der Waals surface area contributed by atoms with Crippen molar-refractivity contribution in [2.24, 2.45) is 0 Å². The van der Waals surface area contributed by atoms with Crippen LogP contribution in [0, 0.1) is 6.92 Å². The molecule has 0 aliphatic carbocycles. The number of aromatic nitrogens is 1. The molecule has 1 fully saturated rings. The van der Waals surface area contributed by atoms with Crippen molar-refractivity contribution in [1.29, 1.82) is 0 Å². The fourth-order valence-corrected chi connectivity index (χ4v) is 1.83. The van der Waals surface area contributed by atoms with Crippen LogP contribution >= 0.6 is 0 Å². The minimum Gasteiger partial charge on any atom is -0.293 e. The summed E-state index contributed by atoms with van der Waals surface area (Å²) in [4.78, 5) is 5.80. The third-order valence-electron chi connectivity index (χ3n) is 2.80. The van der Waals surface area contributed by atoms with Gasteiger partial charge in [-0.1, -0.05) is 0 Å². The summed E-state index contributed by atoms with van der Waals surface area (Å²) in [6.07, 6.45) is 0.816. The van der Waals surface area contributed by atoms with Crippen LogP contribution < -0.4 is 0 Å². The molecule has 0 saturated carbocycles. The summed E-state index contributed by atoms with van der Waals surface area (Å²) in [5, 5.41) is 0. The Kier molecular flexibility index (Phi) is 2.95. The van der Waals surface area contributed by atoms with Crippen molar-refractivity contribution in [2.75, 3.05) is 13.1 Å². The topological polar surface area (TPSA) is 16.1 Å². The van der Waals surface area contributed by atoms with Gasteiger partial charge in [0.05, 0.1) is 0 Å². The molecule has 2 heterocycles. The van der Waals surface area contributed by atoms with Crippen LogP contribution in [0.5, 0.6) is 0 Å². The number of halogens is 2. The molecule has 2 rings (SSSR count). The maximum atomic E-state index is 12.9. The smallest absolute Gasteiger partial charge is 0.145 e. The molecule has 15 heavy (non-hydrogen) atoms. The minimum atomic E-state index is -1.33. The second-order valence-corrected chi connectivity index (χ2v) is 4.03. The van der Waals surface area contributed by atoms with E-state index in [1.807, 2.05) is 13.0 Å². The largest absolute Gasteiger partial charge is 0.293 e. The van der Waals surface area contributed by atoms with Crippen LogP contribution in [0.15, 0.2) is 18.5 Å². The molecular formula is C11H14F2N2. The van der Waals surface area contributed by atoms with Crippen LogP contribution in [-0.4, -0.2) is 35.3 Å². The van der Waals surface area contributed by atoms with Crippen molar-refractivity contribution in [1.82, 2.24) is 9.88 Å². The molecule has 0 aromatic carbocycles. The first-order valence-electron chi connectivity index (χ1n) is 5.07. The van der Waals surface area contributed by atoms with Crippen LogP contribution in [0.3, 0.4) is 0 Å². The summed E-state index contributed by atoms with van der Waals surface area (Å²) < 4.78 is 25.9. The van der Waals surface area contributed by atoms with Gasteiger partial charge in [-0.05, 0) is 24.1 Å². The highest BCUT2D eigenvalue weighted by atomic mass is 19.2. The monoisotopic (exact) mass is 212 g/mol. The lowest BCUT2D eigenvalue weighted by molar-refractivity contribution is 0.217. The van der Waals surface area contributed by atoms with E-state index in [-0.39, 0.29) is 13.1 Å². The van der Waals surface area contributed by atoms with Crippen molar-refractivity contribution in [3.63, 3.8) is 0 Å². The fourth-order valence-electron chi connectivity index (χ4n) is 1.83. The van der Waals surface area contributed by atoms with E-state index >= 15 is 0 Å². The van der Waals surface area contributed by atoms with Gasteiger partial charge in [-0.15, -0.1) is 0 Å². The number of alkyl halides is 2. The number of aryl methyl sites for hydroxylation is 1. The van der Waals surface area contributed by atoms with Crippen molar-refractivity contribution < 1.29 is 8.78 Å². The molecule has 1 aromatic heterocycles. The minimum absolute atomic E-state index is 0.190. The van der Waals surface area contributed by atoms with Gasteiger partial charge in [0.25, 0.3) is 0 Å². The summed E-state index contributed by atoms with van der Waals surface area (Å²) in [7, 11) is 0. The first kappa shape index (κ1) is 10.5. The van der Waals surface area contributed by atoms with E-state index in [1.54, 1.807) is 17.3 Å². The summed E-state index contributed by atoms with van der Waals surface area (Å²) >= 11 is 0. The molecule has 1 aromatic rings. The number of rotatable bonds is 2. The second kappa shape index (κ2) is 4.23. The molecular weight excluding hydrogens is 198 g/mol. The van der Waals surface area contributed by atoms with Crippen molar-refractivity contribution in [3.8, 4) is 0 Å². The highest BCUT2D eigenvalue weighted by Gasteiger charge is 2.32. The average Bonchev–Trinajstić information content (AvgIpc) is 2.50. The zero-order valence-electron chi connectivity index (χ0n) is 8.66. The van der Waals surface area contributed by atoms with E-state index in [0.29, 0.717) is 6.54 Å². The van der Waals surface area contributed by atoms with Crippen molar-refractivity contribution in [2.45, 2.75) is 25.8 Å². The molecule has 1 saturated heterocycles. The Morgan fingerprint density at radius 1 is 1.40 bits per heavy atom. The van der Waals surface area contributed by atoms with Gasteiger partial charge in [-0.3, -0.25) is 9.88 Å². The van der Waals surface area contributed by atoms with Crippen LogP contribution in [0.2, 0.25) is 0 Å². The predicted molar refractivity (Wildman–Crippen MR) is 54.0 cm³/mol. The van der Waals surface area contributed by atoms with Gasteiger partial charge in [-0.2, -0.15) is 0 Å². The number of hydrogen-bond acceptors (Lipinski definition) is 2. The van der Waals surface area contributed by atoms with E-state index in [4.69, 9.17) is 0 Å². The molecule has 0 radical (unpaired) electrons. The molecule has 1 aliphatic rings. The molecule has 0 unspecified atom stereocenters. The molecule has 0 spiro atoms. The molecule has 82 valence electrons. The standard InChI is InChI=1S/C11H14F2N2/c1-8-2-3-14-4-9(8)5-15-6-10(12)11(13)7-15/h2-4,10-11H,5-7H2,1H3/t10-,11+. The second-order valence-electron chi connectivity index (χ2n) is 4.03. The van der Waals surface area contributed by atoms with Crippen molar-refractivity contribution >= 4 is 0 Å². The lowest BCUT2D eigenvalue weighted by Gasteiger charge is -2.15. The van der Waals surface area contributed by atoms with Gasteiger partial charge in [0.15, 0.2) is 0 Å². The first-order valence-corrected chi connectivity index (χ1v) is 5.07. The maximum absolute atomic E-state index is 12.9. The SMILES string of the molecule is Cc1ccncc1CN1C[C@@H](F)[C@@H](F)C1. The zero-order chi connectivity index (χ0) is 10.8. The summed E-state index contributed by atoms with van der Waals surface area (Å²) in [6.45, 7) is 2.94. The molecule has 0 N–H and O–H groups in total. The Morgan fingerprint density at radius 2 is 2.07 bits per heavy atom. The first-order chi connectivity index (χ1) is 7.16. The lowest BCUT2D eigenvalue weighted by Crippen LogP contribution is -2.21. The maximum Gasteiger partial charge on any atom is 0.145 e. The number of pyridine rings is 1. The highest BCUT2D eigenvalue weighted by molar-refractivity contribution is 5.21. The zero-order valence-corrected chi connectivity index (χ0v) is 8.66. The van der Waals surface area contributed by atoms with Gasteiger partial charge in [0, 0.05) is 32.0 Å². The van der Waals surface area contributed by atoms with Gasteiger partial charge in [0.2, 0.25) is 0 Å². The highest BCUT2D eigenvalue weighted by Crippen LogP contribution is 2.19. The van der Waals surface area contributed by atoms with Gasteiger partial charge >= 0.3 is 0 Å². The normalized spacial score (nSPS) is 27.1. The predicted octanol–water partition coefficient (Wildman–Crippen LogP) is 1.88. The van der Waals surface area contributed by atoms with Crippen molar-refractivity contribution in [3.05, 3.63) is 29.6 Å². The lowest BCUT2D eigenvalue weighted by atomic mass is 10.1. The molecule has 2 atom stereocenters. The van der Waals surface area contributed by atoms with Crippen LogP contribution in [0.1, 0.15) is 11.1 Å². The Bertz CT molecular complexity index is 333. The molecule has 0 amide bonds. The average molecular weight is 212 g/mol. The summed E-state index contributed by atoms with van der Waals surface area (Å²) in [6, 6.07) is 1.91. The Labute approximate surface area is 87.9 Å². The third kappa shape index (κ3) is 2.31. The quantitative estimate of drug-likeness (QED) is 0.744. The van der Waals surface area contributed by atoms with E-state index in [9.17, 15) is 8.78 Å². The van der Waals surface area contributed by atoms with Crippen LogP contribution in [0.25, 0.3) is 0 Å². The van der Waals surface area contributed by atoms with Gasteiger partial charge in [-0.25, -0.2) is 8.78 Å². The fraction of sp³-hybridized carbons (Fsp3) is 0.545. The Hall–Kier alpha value is -1.03. The number of nitrogens with zero attached hydrogens (tertiary/aromatic N) is 2. The van der Waals surface area contributed by atoms with Crippen LogP contribution in [0.4, 0.5) is 8.78 Å². The number of likely N-dealkylation sites (tertiary alicyclic amines) is 1. The summed E-state index contributed by atoms with van der Waals surface area (Å²) in [5.74, 6) is 0. The third-order valence-corrected chi connectivity index (χ3v) is 2.80. The van der Waals surface area contributed by atoms with E-state index in [2.05, 4.69) is 4.98 Å². The molecule has 2 nitrogen and oxygen atoms in total. The molecule has 4 heteroatoms. The Balaban J connectivity index is 2.01. The Morgan fingerprint density at radius 3 is 2.67 bits per heavy atom. The molecule has 1 aliphatic heterocycles. The van der Waals surface area contributed by atoms with E-state index in [1.165, 1.54) is 0 Å². The van der Waals surface area contributed by atoms with Gasteiger partial charge < -0.3 is 0 Å². The van der Waals surface area contributed by atoms with Crippen LogP contribution in [-0.2, 0) is 6.54 Å². The molecule has 0 bridgehead atoms. The van der Waals surface area contributed by atoms with E-state index in [0.717, 1.165) is 11.1 Å². The number of hydrogen-bond donors (Lipinski definition) is 0.